The number of carbonyl (C=O) groups is 1. The van der Waals surface area contributed by atoms with Gasteiger partial charge < -0.3 is 10.1 Å². The minimum Gasteiger partial charge on any atom is -0.465 e. The number of rotatable bonds is 3. The maximum atomic E-state index is 11.9. The predicted octanol–water partition coefficient (Wildman–Crippen LogP) is 6.60. The number of nitrogens with one attached hydrogen (secondary N) is 1. The molecule has 1 aromatic heterocycles. The van der Waals surface area contributed by atoms with Gasteiger partial charge in [0.1, 0.15) is 0 Å². The number of halogens is 1. The normalized spacial score (nSPS) is 10.3. The van der Waals surface area contributed by atoms with Gasteiger partial charge in [0.25, 0.3) is 0 Å². The summed E-state index contributed by atoms with van der Waals surface area (Å²) >= 11 is 6.09. The average Bonchev–Trinajstić information content (AvgIpc) is 2.74. The summed E-state index contributed by atoms with van der Waals surface area (Å²) in [7, 11) is 1.38. The van der Waals surface area contributed by atoms with Crippen LogP contribution in [-0.4, -0.2) is 18.1 Å². The minimum atomic E-state index is -0.359. The smallest absolute Gasteiger partial charge is 0.337 e. The molecule has 0 radical (unpaired) electrons. The third-order valence-electron chi connectivity index (χ3n) is 4.28. The number of fused-ring (bicyclic) bond motifs is 3. The zero-order chi connectivity index (χ0) is 20.1. The molecule has 0 amide bonds. The van der Waals surface area contributed by atoms with Gasteiger partial charge in [-0.05, 0) is 53.2 Å². The van der Waals surface area contributed by atoms with Crippen LogP contribution in [-0.2, 0) is 4.74 Å². The van der Waals surface area contributed by atoms with Crippen LogP contribution in [0.4, 0.5) is 11.4 Å². The Balaban J connectivity index is 0.00000109. The largest absolute Gasteiger partial charge is 0.465 e. The number of methoxy groups -OCH3 is 1. The second-order valence-corrected chi connectivity index (χ2v) is 6.34. The summed E-state index contributed by atoms with van der Waals surface area (Å²) in [4.78, 5) is 16.1. The van der Waals surface area contributed by atoms with Crippen molar-refractivity contribution < 1.29 is 9.53 Å². The molecule has 0 spiro atoms. The summed E-state index contributed by atoms with van der Waals surface area (Å²) in [6, 6.07) is 17.1. The Bertz CT molecular complexity index is 1140. The molecule has 4 rings (SSSR count). The van der Waals surface area contributed by atoms with Gasteiger partial charge in [-0.1, -0.05) is 37.6 Å². The molecule has 0 saturated carbocycles. The first kappa shape index (κ1) is 19.6. The lowest BCUT2D eigenvalue weighted by atomic mass is 10.00. The number of esters is 1. The molecule has 0 aliphatic heterocycles. The van der Waals surface area contributed by atoms with Crippen molar-refractivity contribution in [3.63, 3.8) is 0 Å². The molecular weight excluding hydrogens is 372 g/mol. The third-order valence-corrected chi connectivity index (χ3v) is 4.51. The van der Waals surface area contributed by atoms with Gasteiger partial charge >= 0.3 is 5.97 Å². The molecule has 0 fully saturated rings. The van der Waals surface area contributed by atoms with Crippen molar-refractivity contribution in [3.05, 3.63) is 77.6 Å². The van der Waals surface area contributed by atoms with E-state index in [0.717, 1.165) is 32.9 Å². The number of hydrogen-bond acceptors (Lipinski definition) is 4. The van der Waals surface area contributed by atoms with Gasteiger partial charge in [0, 0.05) is 39.6 Å². The third kappa shape index (κ3) is 3.92. The molecule has 1 heterocycles. The molecule has 5 heteroatoms. The minimum absolute atomic E-state index is 0.359. The van der Waals surface area contributed by atoms with Crippen molar-refractivity contribution in [1.29, 1.82) is 0 Å². The molecule has 0 unspecified atom stereocenters. The van der Waals surface area contributed by atoms with Crippen molar-refractivity contribution >= 4 is 50.5 Å². The van der Waals surface area contributed by atoms with Crippen molar-refractivity contribution in [1.82, 2.24) is 4.98 Å². The highest BCUT2D eigenvalue weighted by Gasteiger charge is 2.11. The summed E-state index contributed by atoms with van der Waals surface area (Å²) in [5.74, 6) is -0.359. The van der Waals surface area contributed by atoms with Gasteiger partial charge in [0.05, 0.1) is 12.7 Å². The molecule has 3 aromatic carbocycles. The van der Waals surface area contributed by atoms with Crippen LogP contribution in [0.2, 0.25) is 5.02 Å². The van der Waals surface area contributed by atoms with E-state index in [4.69, 9.17) is 16.3 Å². The van der Waals surface area contributed by atoms with Gasteiger partial charge in [-0.2, -0.15) is 0 Å². The standard InChI is InChI=1S/C21H15ClN2O2.C2H6/c1-26-21(25)13-5-6-17-14(9-13)10-20(18-7-8-23-12-19(17)18)24-16-4-2-3-15(22)11-16;1-2/h2-12,24H,1H3;1-2H3. The first-order valence-corrected chi connectivity index (χ1v) is 9.45. The van der Waals surface area contributed by atoms with Gasteiger partial charge in [-0.25, -0.2) is 4.79 Å². The number of anilines is 2. The maximum Gasteiger partial charge on any atom is 0.337 e. The van der Waals surface area contributed by atoms with Crippen LogP contribution >= 0.6 is 11.6 Å². The van der Waals surface area contributed by atoms with Crippen LogP contribution in [0.1, 0.15) is 24.2 Å². The highest BCUT2D eigenvalue weighted by atomic mass is 35.5. The first-order valence-electron chi connectivity index (χ1n) is 9.07. The summed E-state index contributed by atoms with van der Waals surface area (Å²) in [5.41, 5.74) is 2.32. The van der Waals surface area contributed by atoms with E-state index in [1.54, 1.807) is 12.3 Å². The summed E-state index contributed by atoms with van der Waals surface area (Å²) in [5, 5.41) is 8.08. The SMILES string of the molecule is CC.COC(=O)c1ccc2c(c1)cc(Nc1cccc(Cl)c1)c1ccncc12. The summed E-state index contributed by atoms with van der Waals surface area (Å²) in [6.45, 7) is 4.00. The monoisotopic (exact) mass is 392 g/mol. The lowest BCUT2D eigenvalue weighted by Gasteiger charge is -2.13. The molecule has 0 aliphatic rings. The molecule has 0 saturated heterocycles. The molecular formula is C23H21ClN2O2. The number of hydrogen-bond donors (Lipinski definition) is 1. The second-order valence-electron chi connectivity index (χ2n) is 5.91. The molecule has 0 bridgehead atoms. The molecule has 0 aliphatic carbocycles. The van der Waals surface area contributed by atoms with E-state index in [1.165, 1.54) is 7.11 Å². The summed E-state index contributed by atoms with van der Waals surface area (Å²) < 4.78 is 4.83. The van der Waals surface area contributed by atoms with Gasteiger partial charge in [0.15, 0.2) is 0 Å². The molecule has 28 heavy (non-hydrogen) atoms. The highest BCUT2D eigenvalue weighted by molar-refractivity contribution is 6.30. The fourth-order valence-corrected chi connectivity index (χ4v) is 3.26. The van der Waals surface area contributed by atoms with Crippen LogP contribution in [0.25, 0.3) is 21.5 Å². The Hall–Kier alpha value is -3.11. The topological polar surface area (TPSA) is 51.2 Å². The van der Waals surface area contributed by atoms with Crippen molar-refractivity contribution in [3.8, 4) is 0 Å². The van der Waals surface area contributed by atoms with Crippen molar-refractivity contribution in [2.75, 3.05) is 12.4 Å². The fraction of sp³-hybridized carbons (Fsp3) is 0.130. The van der Waals surface area contributed by atoms with Crippen molar-refractivity contribution in [2.24, 2.45) is 0 Å². The highest BCUT2D eigenvalue weighted by Crippen LogP contribution is 2.34. The molecule has 1 N–H and O–H groups in total. The molecule has 4 nitrogen and oxygen atoms in total. The number of nitrogens with zero attached hydrogens (tertiary/aromatic N) is 1. The van der Waals surface area contributed by atoms with E-state index < -0.39 is 0 Å². The summed E-state index contributed by atoms with van der Waals surface area (Å²) in [6.07, 6.45) is 3.60. The zero-order valence-electron chi connectivity index (χ0n) is 16.0. The van der Waals surface area contributed by atoms with Crippen LogP contribution in [0.15, 0.2) is 67.0 Å². The number of aromatic nitrogens is 1. The predicted molar refractivity (Wildman–Crippen MR) is 117 cm³/mol. The average molecular weight is 393 g/mol. The number of benzene rings is 3. The van der Waals surface area contributed by atoms with Gasteiger partial charge in [0.2, 0.25) is 0 Å². The Kier molecular flexibility index (Phi) is 6.12. The van der Waals surface area contributed by atoms with E-state index >= 15 is 0 Å². The van der Waals surface area contributed by atoms with Crippen LogP contribution in [0.3, 0.4) is 0 Å². The van der Waals surface area contributed by atoms with E-state index in [1.807, 2.05) is 68.6 Å². The van der Waals surface area contributed by atoms with E-state index in [2.05, 4.69) is 10.3 Å². The van der Waals surface area contributed by atoms with E-state index in [9.17, 15) is 4.79 Å². The van der Waals surface area contributed by atoms with Crippen molar-refractivity contribution in [2.45, 2.75) is 13.8 Å². The number of pyridine rings is 1. The van der Waals surface area contributed by atoms with Gasteiger partial charge in [-0.3, -0.25) is 4.98 Å². The maximum absolute atomic E-state index is 11.9. The number of ether oxygens (including phenoxy) is 1. The Morgan fingerprint density at radius 1 is 1.00 bits per heavy atom. The molecule has 0 atom stereocenters. The molecule has 142 valence electrons. The van der Waals surface area contributed by atoms with E-state index in [-0.39, 0.29) is 5.97 Å². The Morgan fingerprint density at radius 2 is 1.82 bits per heavy atom. The zero-order valence-corrected chi connectivity index (χ0v) is 16.7. The van der Waals surface area contributed by atoms with Gasteiger partial charge in [-0.15, -0.1) is 0 Å². The lowest BCUT2D eigenvalue weighted by molar-refractivity contribution is 0.0601. The van der Waals surface area contributed by atoms with Crippen LogP contribution in [0, 0.1) is 0 Å². The lowest BCUT2D eigenvalue weighted by Crippen LogP contribution is -2.01. The van der Waals surface area contributed by atoms with E-state index in [0.29, 0.717) is 10.6 Å². The number of carbonyl (C=O) groups excluding carboxylic acids is 1. The Morgan fingerprint density at radius 3 is 2.57 bits per heavy atom. The van der Waals surface area contributed by atoms with Crippen LogP contribution in [0.5, 0.6) is 0 Å². The molecule has 4 aromatic rings. The second kappa shape index (κ2) is 8.72. The first-order chi connectivity index (χ1) is 13.7. The fourth-order valence-electron chi connectivity index (χ4n) is 3.07. The Labute approximate surface area is 169 Å². The van der Waals surface area contributed by atoms with Crippen LogP contribution < -0.4 is 5.32 Å². The quantitative estimate of drug-likeness (QED) is 0.315.